The molecule has 0 aliphatic carbocycles. The van der Waals surface area contributed by atoms with E-state index in [1.807, 2.05) is 0 Å². The zero-order chi connectivity index (χ0) is 16.3. The van der Waals surface area contributed by atoms with Gasteiger partial charge in [0.2, 0.25) is 11.2 Å². The number of aliphatic hydroxyl groups is 1. The van der Waals surface area contributed by atoms with Gasteiger partial charge in [-0.1, -0.05) is 34.8 Å². The highest BCUT2D eigenvalue weighted by Gasteiger charge is 2.15. The Bertz CT molecular complexity index is 746. The molecule has 0 saturated carbocycles. The molecule has 0 bridgehead atoms. The van der Waals surface area contributed by atoms with Crippen LogP contribution >= 0.6 is 34.8 Å². The largest absolute Gasteiger partial charge is 0.463 e. The number of benzene rings is 1. The topological polar surface area (TPSA) is 76.7 Å². The highest BCUT2D eigenvalue weighted by atomic mass is 35.5. The molecule has 2 aromatic rings. The minimum Gasteiger partial charge on any atom is -0.463 e. The molecular formula is C14H9Cl3O5. The van der Waals surface area contributed by atoms with Crippen molar-refractivity contribution in [3.8, 4) is 5.75 Å². The lowest BCUT2D eigenvalue weighted by molar-refractivity contribution is -0.133. The molecule has 1 N–H and O–H groups in total. The van der Waals surface area contributed by atoms with Crippen molar-refractivity contribution in [2.24, 2.45) is 0 Å². The van der Waals surface area contributed by atoms with Gasteiger partial charge in [0, 0.05) is 26.7 Å². The number of esters is 1. The van der Waals surface area contributed by atoms with Gasteiger partial charge in [0.05, 0.1) is 6.42 Å². The van der Waals surface area contributed by atoms with Gasteiger partial charge in [0.25, 0.3) is 0 Å². The molecule has 0 aliphatic rings. The Morgan fingerprint density at radius 3 is 2.36 bits per heavy atom. The molecule has 22 heavy (non-hydrogen) atoms. The number of hydrogen-bond donors (Lipinski definition) is 1. The standard InChI is InChI=1S/C14H9Cl3O5/c15-7-1-10(16)9(11(17)2-7)4-14(20)22-13-6-21-8(5-18)3-12(13)19/h1-3,6,18H,4-5H2. The van der Waals surface area contributed by atoms with Gasteiger partial charge < -0.3 is 14.3 Å². The highest BCUT2D eigenvalue weighted by Crippen LogP contribution is 2.29. The van der Waals surface area contributed by atoms with Crippen LogP contribution in [-0.4, -0.2) is 11.1 Å². The molecule has 0 radical (unpaired) electrons. The van der Waals surface area contributed by atoms with Gasteiger partial charge in [-0.3, -0.25) is 9.59 Å². The third-order valence-corrected chi connectivity index (χ3v) is 3.55. The Morgan fingerprint density at radius 2 is 1.82 bits per heavy atom. The van der Waals surface area contributed by atoms with Crippen molar-refractivity contribution in [3.05, 3.63) is 61.1 Å². The van der Waals surface area contributed by atoms with Gasteiger partial charge in [-0.05, 0) is 12.1 Å². The summed E-state index contributed by atoms with van der Waals surface area (Å²) >= 11 is 17.7. The fraction of sp³-hybridized carbons (Fsp3) is 0.143. The lowest BCUT2D eigenvalue weighted by atomic mass is 10.1. The van der Waals surface area contributed by atoms with E-state index in [2.05, 4.69) is 0 Å². The van der Waals surface area contributed by atoms with Gasteiger partial charge in [0.15, 0.2) is 0 Å². The molecular weight excluding hydrogens is 355 g/mol. The van der Waals surface area contributed by atoms with E-state index in [9.17, 15) is 9.59 Å². The molecule has 1 heterocycles. The maximum Gasteiger partial charge on any atom is 0.316 e. The lowest BCUT2D eigenvalue weighted by Crippen LogP contribution is -2.17. The van der Waals surface area contributed by atoms with E-state index in [0.717, 1.165) is 12.3 Å². The molecule has 0 amide bonds. The van der Waals surface area contributed by atoms with E-state index in [1.165, 1.54) is 12.1 Å². The molecule has 0 atom stereocenters. The molecule has 2 rings (SSSR count). The van der Waals surface area contributed by atoms with Crippen molar-refractivity contribution < 1.29 is 19.1 Å². The summed E-state index contributed by atoms with van der Waals surface area (Å²) in [6, 6.07) is 3.93. The predicted molar refractivity (Wildman–Crippen MR) is 81.7 cm³/mol. The van der Waals surface area contributed by atoms with E-state index in [-0.39, 0.29) is 28.0 Å². The quantitative estimate of drug-likeness (QED) is 0.844. The highest BCUT2D eigenvalue weighted by molar-refractivity contribution is 6.39. The molecule has 8 heteroatoms. The molecule has 0 spiro atoms. The van der Waals surface area contributed by atoms with Gasteiger partial charge in [-0.15, -0.1) is 0 Å². The maximum atomic E-state index is 11.9. The van der Waals surface area contributed by atoms with Crippen molar-refractivity contribution in [1.82, 2.24) is 0 Å². The normalized spacial score (nSPS) is 10.5. The first kappa shape index (κ1) is 16.8. The fourth-order valence-corrected chi connectivity index (χ4v) is 2.59. The smallest absolute Gasteiger partial charge is 0.316 e. The zero-order valence-corrected chi connectivity index (χ0v) is 13.2. The predicted octanol–water partition coefficient (Wildman–Crippen LogP) is 3.24. The summed E-state index contributed by atoms with van der Waals surface area (Å²) < 4.78 is 9.82. The van der Waals surface area contributed by atoms with Crippen LogP contribution < -0.4 is 10.2 Å². The molecule has 5 nitrogen and oxygen atoms in total. The Balaban J connectivity index is 2.16. The van der Waals surface area contributed by atoms with Gasteiger partial charge in [-0.25, -0.2) is 0 Å². The maximum absolute atomic E-state index is 11.9. The van der Waals surface area contributed by atoms with Crippen LogP contribution in [0.25, 0.3) is 0 Å². The third kappa shape index (κ3) is 4.01. The van der Waals surface area contributed by atoms with E-state index >= 15 is 0 Å². The fourth-order valence-electron chi connectivity index (χ4n) is 1.64. The number of carbonyl (C=O) groups is 1. The van der Waals surface area contributed by atoms with Gasteiger partial charge in [0.1, 0.15) is 18.6 Å². The Labute approximate surface area is 140 Å². The van der Waals surface area contributed by atoms with Crippen LogP contribution in [0.4, 0.5) is 0 Å². The molecule has 116 valence electrons. The second-order valence-electron chi connectivity index (χ2n) is 4.23. The second kappa shape index (κ2) is 7.15. The van der Waals surface area contributed by atoms with E-state index in [0.29, 0.717) is 10.6 Å². The van der Waals surface area contributed by atoms with Crippen LogP contribution in [0.2, 0.25) is 15.1 Å². The average molecular weight is 364 g/mol. The number of carbonyl (C=O) groups excluding carboxylic acids is 1. The van der Waals surface area contributed by atoms with Crippen molar-refractivity contribution in [3.63, 3.8) is 0 Å². The molecule has 0 aliphatic heterocycles. The van der Waals surface area contributed by atoms with Crippen LogP contribution in [0.3, 0.4) is 0 Å². The van der Waals surface area contributed by atoms with Crippen LogP contribution in [0.5, 0.6) is 5.75 Å². The molecule has 1 aromatic heterocycles. The number of aliphatic hydroxyl groups excluding tert-OH is 1. The minimum atomic E-state index is -0.741. The van der Waals surface area contributed by atoms with Crippen LogP contribution in [-0.2, 0) is 17.8 Å². The summed E-state index contributed by atoms with van der Waals surface area (Å²) in [6.45, 7) is -0.431. The minimum absolute atomic E-state index is 0.0635. The third-order valence-electron chi connectivity index (χ3n) is 2.66. The SMILES string of the molecule is O=C(Cc1c(Cl)cc(Cl)cc1Cl)Oc1coc(CO)cc1=O. The summed E-state index contributed by atoms with van der Waals surface area (Å²) in [5.41, 5.74) is -0.244. The first-order valence-electron chi connectivity index (χ1n) is 5.97. The average Bonchev–Trinajstić information content (AvgIpc) is 2.45. The number of halogens is 3. The van der Waals surface area contributed by atoms with E-state index < -0.39 is 18.0 Å². The van der Waals surface area contributed by atoms with Gasteiger partial charge in [-0.2, -0.15) is 0 Å². The summed E-state index contributed by atoms with van der Waals surface area (Å²) in [7, 11) is 0. The lowest BCUT2D eigenvalue weighted by Gasteiger charge is -2.08. The van der Waals surface area contributed by atoms with Crippen molar-refractivity contribution >= 4 is 40.8 Å². The monoisotopic (exact) mass is 362 g/mol. The number of hydrogen-bond acceptors (Lipinski definition) is 5. The molecule has 1 aromatic carbocycles. The van der Waals surface area contributed by atoms with Crippen molar-refractivity contribution in [2.75, 3.05) is 0 Å². The molecule has 0 fully saturated rings. The summed E-state index contributed by atoms with van der Waals surface area (Å²) in [4.78, 5) is 23.5. The van der Waals surface area contributed by atoms with Crippen LogP contribution in [0, 0.1) is 0 Å². The zero-order valence-electron chi connectivity index (χ0n) is 10.9. The van der Waals surface area contributed by atoms with E-state index in [1.54, 1.807) is 0 Å². The van der Waals surface area contributed by atoms with E-state index in [4.69, 9.17) is 49.1 Å². The number of ether oxygens (including phenoxy) is 1. The summed E-state index contributed by atoms with van der Waals surface area (Å²) in [5.74, 6) is -0.966. The molecule has 0 saturated heterocycles. The first-order valence-corrected chi connectivity index (χ1v) is 7.10. The Morgan fingerprint density at radius 1 is 1.18 bits per heavy atom. The van der Waals surface area contributed by atoms with Gasteiger partial charge >= 0.3 is 5.97 Å². The van der Waals surface area contributed by atoms with Crippen molar-refractivity contribution in [2.45, 2.75) is 13.0 Å². The number of rotatable bonds is 4. The van der Waals surface area contributed by atoms with Crippen LogP contribution in [0.15, 0.2) is 33.7 Å². The first-order chi connectivity index (χ1) is 10.4. The summed E-state index contributed by atoms with van der Waals surface area (Å²) in [5, 5.41) is 9.61. The molecule has 0 unspecified atom stereocenters. The van der Waals surface area contributed by atoms with Crippen LogP contribution in [0.1, 0.15) is 11.3 Å². The Hall–Kier alpha value is -1.53. The Kier molecular flexibility index (Phi) is 5.47. The van der Waals surface area contributed by atoms with Crippen molar-refractivity contribution in [1.29, 1.82) is 0 Å². The summed E-state index contributed by atoms with van der Waals surface area (Å²) in [6.07, 6.45) is 0.715. The second-order valence-corrected chi connectivity index (χ2v) is 5.48.